The monoisotopic (exact) mass is 459 g/mol. The highest BCUT2D eigenvalue weighted by molar-refractivity contribution is 5.97. The van der Waals surface area contributed by atoms with Gasteiger partial charge in [0.2, 0.25) is 17.7 Å². The van der Waals surface area contributed by atoms with Gasteiger partial charge < -0.3 is 20.5 Å². The third-order valence-corrected chi connectivity index (χ3v) is 7.64. The van der Waals surface area contributed by atoms with Gasteiger partial charge in [-0.25, -0.2) is 8.78 Å². The fourth-order valence-electron chi connectivity index (χ4n) is 5.93. The number of hydrogen-bond donors (Lipinski definition) is 3. The number of aryl methyl sites for hydroxylation is 1. The molecule has 5 rings (SSSR count). The van der Waals surface area contributed by atoms with Crippen molar-refractivity contribution in [1.29, 1.82) is 5.26 Å². The molecule has 4 aliphatic rings. The van der Waals surface area contributed by atoms with Gasteiger partial charge in [-0.15, -0.1) is 0 Å². The molecular weight excluding hydrogens is 432 g/mol. The Bertz CT molecular complexity index is 1050. The first-order chi connectivity index (χ1) is 15.5. The standard InChI is InChI=1S/C23H27F2N5O3/c1-13-2-3-16(27-13)20(33)30-12-21(10-23(24,25)11-21)8-17(30)19(32)28-15(9-26)6-14-7-22(4-5-22)29-18(14)31/h2-3,14-15,17,27H,4-8,10-12H2,1H3,(H,28,32)(H,29,31)/t14-,15+,17+/m1/s1. The maximum absolute atomic E-state index is 13.7. The van der Waals surface area contributed by atoms with Crippen LogP contribution in [0.1, 0.15) is 61.1 Å². The quantitative estimate of drug-likeness (QED) is 0.624. The first-order valence-electron chi connectivity index (χ1n) is 11.4. The van der Waals surface area contributed by atoms with Gasteiger partial charge in [0.1, 0.15) is 17.8 Å². The molecule has 2 aliphatic heterocycles. The molecule has 3 N–H and O–H groups in total. The molecule has 3 amide bonds. The number of alkyl halides is 2. The summed E-state index contributed by atoms with van der Waals surface area (Å²) in [5.74, 6) is -4.19. The predicted octanol–water partition coefficient (Wildman–Crippen LogP) is 2.02. The van der Waals surface area contributed by atoms with Crippen LogP contribution in [0.5, 0.6) is 0 Å². The van der Waals surface area contributed by atoms with Crippen LogP contribution in [0.25, 0.3) is 0 Å². The third kappa shape index (κ3) is 3.98. The van der Waals surface area contributed by atoms with E-state index in [0.717, 1.165) is 18.5 Å². The number of H-pyrrole nitrogens is 1. The van der Waals surface area contributed by atoms with Crippen LogP contribution < -0.4 is 10.6 Å². The number of aromatic amines is 1. The lowest BCUT2D eigenvalue weighted by molar-refractivity contribution is -0.155. The van der Waals surface area contributed by atoms with Gasteiger partial charge in [0.25, 0.3) is 5.91 Å². The van der Waals surface area contributed by atoms with Crippen molar-refractivity contribution < 1.29 is 23.2 Å². The number of rotatable bonds is 5. The van der Waals surface area contributed by atoms with Crippen LogP contribution in [0.15, 0.2) is 12.1 Å². The summed E-state index contributed by atoms with van der Waals surface area (Å²) >= 11 is 0. The summed E-state index contributed by atoms with van der Waals surface area (Å²) in [6, 6.07) is 3.55. The maximum Gasteiger partial charge on any atom is 0.270 e. The van der Waals surface area contributed by atoms with Crippen molar-refractivity contribution in [3.8, 4) is 6.07 Å². The fourth-order valence-corrected chi connectivity index (χ4v) is 5.93. The van der Waals surface area contributed by atoms with E-state index in [1.807, 2.05) is 0 Å². The molecule has 0 unspecified atom stereocenters. The highest BCUT2D eigenvalue weighted by atomic mass is 19.3. The lowest BCUT2D eigenvalue weighted by Gasteiger charge is -2.44. The molecule has 1 aromatic rings. The zero-order valence-electron chi connectivity index (χ0n) is 18.4. The number of likely N-dealkylation sites (tertiary alicyclic amines) is 1. The smallest absolute Gasteiger partial charge is 0.270 e. The average Bonchev–Trinajstić information content (AvgIpc) is 3.04. The summed E-state index contributed by atoms with van der Waals surface area (Å²) < 4.78 is 27.4. The van der Waals surface area contributed by atoms with E-state index < -0.39 is 35.2 Å². The second-order valence-electron chi connectivity index (χ2n) is 10.5. The van der Waals surface area contributed by atoms with Crippen LogP contribution in [-0.2, 0) is 9.59 Å². The van der Waals surface area contributed by atoms with Crippen LogP contribution in [0, 0.1) is 29.6 Å². The van der Waals surface area contributed by atoms with Gasteiger partial charge in [-0.05, 0) is 51.2 Å². The Morgan fingerprint density at radius 1 is 1.30 bits per heavy atom. The van der Waals surface area contributed by atoms with Crippen molar-refractivity contribution in [1.82, 2.24) is 20.5 Å². The molecule has 2 spiro atoms. The number of carbonyl (C=O) groups is 3. The number of nitrogens with one attached hydrogen (secondary N) is 3. The minimum absolute atomic E-state index is 0.0718. The van der Waals surface area contributed by atoms with E-state index in [1.165, 1.54) is 4.90 Å². The van der Waals surface area contributed by atoms with Gasteiger partial charge in [-0.2, -0.15) is 5.26 Å². The number of hydrogen-bond acceptors (Lipinski definition) is 4. The van der Waals surface area contributed by atoms with E-state index in [1.54, 1.807) is 19.1 Å². The molecule has 8 nitrogen and oxygen atoms in total. The molecule has 2 saturated carbocycles. The summed E-state index contributed by atoms with van der Waals surface area (Å²) in [5.41, 5.74) is 0.143. The Morgan fingerprint density at radius 2 is 2.03 bits per heavy atom. The highest BCUT2D eigenvalue weighted by Crippen LogP contribution is 2.58. The maximum atomic E-state index is 13.7. The Hall–Kier alpha value is -2.96. The molecule has 3 atom stereocenters. The van der Waals surface area contributed by atoms with E-state index in [4.69, 9.17) is 0 Å². The van der Waals surface area contributed by atoms with Gasteiger partial charge in [-0.1, -0.05) is 0 Å². The third-order valence-electron chi connectivity index (χ3n) is 7.64. The van der Waals surface area contributed by atoms with Crippen LogP contribution in [0.3, 0.4) is 0 Å². The zero-order chi connectivity index (χ0) is 23.6. The van der Waals surface area contributed by atoms with Gasteiger partial charge in [0.15, 0.2) is 0 Å². The summed E-state index contributed by atoms with van der Waals surface area (Å²) in [4.78, 5) is 42.9. The van der Waals surface area contributed by atoms with Crippen molar-refractivity contribution >= 4 is 17.7 Å². The lowest BCUT2D eigenvalue weighted by Crippen LogP contribution is -2.49. The minimum atomic E-state index is -2.78. The molecule has 2 saturated heterocycles. The lowest BCUT2D eigenvalue weighted by atomic mass is 9.65. The van der Waals surface area contributed by atoms with Crippen LogP contribution in [0.2, 0.25) is 0 Å². The topological polar surface area (TPSA) is 118 Å². The molecule has 3 heterocycles. The van der Waals surface area contributed by atoms with E-state index in [2.05, 4.69) is 21.7 Å². The summed E-state index contributed by atoms with van der Waals surface area (Å²) in [5, 5.41) is 15.3. The second-order valence-corrected chi connectivity index (χ2v) is 10.5. The van der Waals surface area contributed by atoms with Crippen molar-refractivity contribution in [3.63, 3.8) is 0 Å². The molecule has 0 bridgehead atoms. The molecule has 1 aromatic heterocycles. The van der Waals surface area contributed by atoms with Gasteiger partial charge in [0.05, 0.1) is 6.07 Å². The molecule has 33 heavy (non-hydrogen) atoms. The minimum Gasteiger partial charge on any atom is -0.355 e. The van der Waals surface area contributed by atoms with Gasteiger partial charge >= 0.3 is 0 Å². The van der Waals surface area contributed by atoms with Crippen LogP contribution >= 0.6 is 0 Å². The molecule has 4 fully saturated rings. The predicted molar refractivity (Wildman–Crippen MR) is 112 cm³/mol. The van der Waals surface area contributed by atoms with Crippen molar-refractivity contribution in [2.24, 2.45) is 11.3 Å². The van der Waals surface area contributed by atoms with Crippen LogP contribution in [0.4, 0.5) is 8.78 Å². The number of nitrogens with zero attached hydrogens (tertiary/aromatic N) is 2. The first-order valence-corrected chi connectivity index (χ1v) is 11.4. The van der Waals surface area contributed by atoms with E-state index in [9.17, 15) is 28.4 Å². The summed E-state index contributed by atoms with van der Waals surface area (Å²) in [6.07, 6.45) is 2.12. The summed E-state index contributed by atoms with van der Waals surface area (Å²) in [7, 11) is 0. The fraction of sp³-hybridized carbons (Fsp3) is 0.652. The number of carbonyl (C=O) groups excluding carboxylic acids is 3. The number of amides is 3. The Balaban J connectivity index is 1.30. The number of aromatic nitrogens is 1. The van der Waals surface area contributed by atoms with E-state index in [0.29, 0.717) is 12.1 Å². The molecular formula is C23H27F2N5O3. The SMILES string of the molecule is Cc1ccc(C(=O)N2CC3(C[C@H]2C(=O)N[C@H](C#N)C[C@@H]2CC4(CC4)NC2=O)CC(F)(F)C3)[nH]1. The normalized spacial score (nSPS) is 28.8. The average molecular weight is 459 g/mol. The number of halogens is 2. The van der Waals surface area contributed by atoms with E-state index >= 15 is 0 Å². The Morgan fingerprint density at radius 3 is 2.58 bits per heavy atom. The van der Waals surface area contributed by atoms with Crippen molar-refractivity contribution in [3.05, 3.63) is 23.5 Å². The van der Waals surface area contributed by atoms with Crippen molar-refractivity contribution in [2.75, 3.05) is 6.54 Å². The highest BCUT2D eigenvalue weighted by Gasteiger charge is 2.62. The van der Waals surface area contributed by atoms with Gasteiger partial charge in [-0.3, -0.25) is 14.4 Å². The van der Waals surface area contributed by atoms with Gasteiger partial charge in [0, 0.05) is 42.0 Å². The zero-order valence-corrected chi connectivity index (χ0v) is 18.4. The van der Waals surface area contributed by atoms with Crippen molar-refractivity contribution in [2.45, 2.75) is 75.4 Å². The Labute approximate surface area is 190 Å². The summed E-state index contributed by atoms with van der Waals surface area (Å²) in [6.45, 7) is 1.86. The molecule has 0 radical (unpaired) electrons. The Kier molecular flexibility index (Phi) is 4.82. The van der Waals surface area contributed by atoms with Crippen LogP contribution in [-0.4, -0.2) is 57.7 Å². The number of nitriles is 1. The molecule has 2 aliphatic carbocycles. The first kappa shape index (κ1) is 21.9. The molecule has 10 heteroatoms. The molecule has 176 valence electrons. The second kappa shape index (κ2) is 7.27. The largest absolute Gasteiger partial charge is 0.355 e. The molecule has 0 aromatic carbocycles. The van der Waals surface area contributed by atoms with E-state index in [-0.39, 0.29) is 49.6 Å².